The van der Waals surface area contributed by atoms with Gasteiger partial charge in [0, 0.05) is 5.56 Å². The van der Waals surface area contributed by atoms with E-state index in [1.54, 1.807) is 11.1 Å². The molecule has 0 N–H and O–H groups in total. The van der Waals surface area contributed by atoms with Crippen molar-refractivity contribution in [1.29, 1.82) is 0 Å². The molecule has 0 saturated heterocycles. The van der Waals surface area contributed by atoms with Crippen LogP contribution in [-0.4, -0.2) is 0 Å². The van der Waals surface area contributed by atoms with E-state index in [0.29, 0.717) is 0 Å². The summed E-state index contributed by atoms with van der Waals surface area (Å²) < 4.78 is 0. The lowest BCUT2D eigenvalue weighted by Crippen LogP contribution is -2.23. The molecular formula is C23H34. The molecule has 23 heavy (non-hydrogen) atoms. The fourth-order valence-corrected chi connectivity index (χ4v) is 4.01. The summed E-state index contributed by atoms with van der Waals surface area (Å²) in [7, 11) is 0. The van der Waals surface area contributed by atoms with Gasteiger partial charge in [0.05, 0.1) is 0 Å². The van der Waals surface area contributed by atoms with E-state index in [-0.39, 0.29) is 0 Å². The van der Waals surface area contributed by atoms with Crippen LogP contribution in [0, 0.1) is 11.8 Å². The Balaban J connectivity index is 2.11. The van der Waals surface area contributed by atoms with Crippen LogP contribution in [0.25, 0.3) is 0 Å². The van der Waals surface area contributed by atoms with E-state index >= 15 is 0 Å². The van der Waals surface area contributed by atoms with Gasteiger partial charge < -0.3 is 0 Å². The van der Waals surface area contributed by atoms with Crippen molar-refractivity contribution < 1.29 is 0 Å². The summed E-state index contributed by atoms with van der Waals surface area (Å²) >= 11 is 0. The average molecular weight is 311 g/mol. The van der Waals surface area contributed by atoms with E-state index in [1.807, 2.05) is 6.92 Å². The SMILES string of the molecule is CC#Cc1cc2c(cc1CCCCCC)C(C)C2CCCCC. The number of benzene rings is 1. The maximum atomic E-state index is 3.37. The summed E-state index contributed by atoms with van der Waals surface area (Å²) in [6.45, 7) is 8.95. The summed E-state index contributed by atoms with van der Waals surface area (Å²) in [6, 6.07) is 4.92. The van der Waals surface area contributed by atoms with Gasteiger partial charge in [0.15, 0.2) is 0 Å². The van der Waals surface area contributed by atoms with E-state index in [1.165, 1.54) is 68.9 Å². The molecule has 0 bridgehead atoms. The fourth-order valence-electron chi connectivity index (χ4n) is 4.01. The van der Waals surface area contributed by atoms with E-state index in [2.05, 4.69) is 44.7 Å². The highest BCUT2D eigenvalue weighted by molar-refractivity contribution is 5.54. The van der Waals surface area contributed by atoms with E-state index in [0.717, 1.165) is 11.8 Å². The maximum absolute atomic E-state index is 3.37. The first-order chi connectivity index (χ1) is 11.2. The maximum Gasteiger partial charge on any atom is 0.0280 e. The van der Waals surface area contributed by atoms with Gasteiger partial charge in [0.25, 0.3) is 0 Å². The molecule has 0 fully saturated rings. The van der Waals surface area contributed by atoms with Crippen molar-refractivity contribution in [3.63, 3.8) is 0 Å². The Morgan fingerprint density at radius 3 is 2.35 bits per heavy atom. The topological polar surface area (TPSA) is 0 Å². The standard InChI is InChI=1S/C23H34/c1-5-8-10-12-14-20-16-22-18(4)21(15-11-9-6-2)23(22)17-19(20)13-7-3/h16-18,21H,5-6,8-12,14-15H2,1-4H3. The van der Waals surface area contributed by atoms with Crippen LogP contribution < -0.4 is 0 Å². The first-order valence-electron chi connectivity index (χ1n) is 9.82. The molecule has 0 spiro atoms. The lowest BCUT2D eigenvalue weighted by Gasteiger charge is -2.38. The monoisotopic (exact) mass is 310 g/mol. The third-order valence-corrected chi connectivity index (χ3v) is 5.48. The second kappa shape index (κ2) is 9.17. The molecule has 1 aliphatic rings. The van der Waals surface area contributed by atoms with Crippen LogP contribution in [0.3, 0.4) is 0 Å². The second-order valence-electron chi connectivity index (χ2n) is 7.21. The van der Waals surface area contributed by atoms with Crippen molar-refractivity contribution in [2.24, 2.45) is 0 Å². The Morgan fingerprint density at radius 2 is 1.65 bits per heavy atom. The third kappa shape index (κ3) is 4.41. The van der Waals surface area contributed by atoms with Gasteiger partial charge in [-0.05, 0) is 60.8 Å². The lowest BCUT2D eigenvalue weighted by atomic mass is 9.65. The number of hydrogen-bond donors (Lipinski definition) is 0. The number of aryl methyl sites for hydroxylation is 1. The molecule has 0 heteroatoms. The third-order valence-electron chi connectivity index (χ3n) is 5.48. The van der Waals surface area contributed by atoms with E-state index in [4.69, 9.17) is 0 Å². The van der Waals surface area contributed by atoms with Crippen molar-refractivity contribution in [2.45, 2.75) is 97.3 Å². The van der Waals surface area contributed by atoms with Crippen LogP contribution in [0.15, 0.2) is 12.1 Å². The Kier molecular flexibility index (Phi) is 7.22. The zero-order valence-corrected chi connectivity index (χ0v) is 15.7. The first kappa shape index (κ1) is 18.1. The minimum atomic E-state index is 0.750. The molecule has 0 amide bonds. The fraction of sp³-hybridized carbons (Fsp3) is 0.652. The molecule has 1 aliphatic carbocycles. The van der Waals surface area contributed by atoms with E-state index in [9.17, 15) is 0 Å². The number of fused-ring (bicyclic) bond motifs is 1. The van der Waals surface area contributed by atoms with Gasteiger partial charge in [-0.3, -0.25) is 0 Å². The molecule has 2 unspecified atom stereocenters. The highest BCUT2D eigenvalue weighted by Gasteiger charge is 2.34. The Bertz CT molecular complexity index is 555. The Hall–Kier alpha value is -1.22. The Labute approximate surface area is 144 Å². The molecule has 126 valence electrons. The van der Waals surface area contributed by atoms with Gasteiger partial charge in [-0.25, -0.2) is 0 Å². The van der Waals surface area contributed by atoms with Gasteiger partial charge in [-0.15, -0.1) is 5.92 Å². The molecule has 0 nitrogen and oxygen atoms in total. The number of rotatable bonds is 9. The molecule has 1 aromatic carbocycles. The van der Waals surface area contributed by atoms with Crippen LogP contribution in [0.4, 0.5) is 0 Å². The molecule has 0 saturated carbocycles. The summed E-state index contributed by atoms with van der Waals surface area (Å²) in [5.74, 6) is 8.03. The Morgan fingerprint density at radius 1 is 0.913 bits per heavy atom. The van der Waals surface area contributed by atoms with Crippen molar-refractivity contribution in [3.8, 4) is 11.8 Å². The first-order valence-corrected chi connectivity index (χ1v) is 9.82. The van der Waals surface area contributed by atoms with Gasteiger partial charge in [0.1, 0.15) is 0 Å². The number of hydrogen-bond acceptors (Lipinski definition) is 0. The second-order valence-corrected chi connectivity index (χ2v) is 7.21. The zero-order chi connectivity index (χ0) is 16.7. The van der Waals surface area contributed by atoms with Gasteiger partial charge in [-0.2, -0.15) is 0 Å². The van der Waals surface area contributed by atoms with Crippen LogP contribution in [0.1, 0.15) is 113 Å². The molecular weight excluding hydrogens is 276 g/mol. The predicted octanol–water partition coefficient (Wildman–Crippen LogP) is 6.96. The summed E-state index contributed by atoms with van der Waals surface area (Å²) in [5.41, 5.74) is 6.01. The summed E-state index contributed by atoms with van der Waals surface area (Å²) in [6.07, 6.45) is 11.9. The van der Waals surface area contributed by atoms with Crippen LogP contribution in [-0.2, 0) is 6.42 Å². The van der Waals surface area contributed by atoms with Gasteiger partial charge >= 0.3 is 0 Å². The molecule has 2 atom stereocenters. The molecule has 0 radical (unpaired) electrons. The summed E-state index contributed by atoms with van der Waals surface area (Å²) in [5, 5.41) is 0. The van der Waals surface area contributed by atoms with Crippen molar-refractivity contribution in [3.05, 3.63) is 34.4 Å². The molecule has 0 aliphatic heterocycles. The molecule has 0 heterocycles. The molecule has 2 rings (SSSR count). The van der Waals surface area contributed by atoms with Crippen molar-refractivity contribution in [1.82, 2.24) is 0 Å². The highest BCUT2D eigenvalue weighted by Crippen LogP contribution is 2.50. The van der Waals surface area contributed by atoms with Crippen LogP contribution in [0.5, 0.6) is 0 Å². The smallest absolute Gasteiger partial charge is 0.0280 e. The van der Waals surface area contributed by atoms with Crippen LogP contribution >= 0.6 is 0 Å². The highest BCUT2D eigenvalue weighted by atomic mass is 14.4. The largest absolute Gasteiger partial charge is 0.101 e. The van der Waals surface area contributed by atoms with Gasteiger partial charge in [-0.1, -0.05) is 71.3 Å². The van der Waals surface area contributed by atoms with Crippen LogP contribution in [0.2, 0.25) is 0 Å². The summed E-state index contributed by atoms with van der Waals surface area (Å²) in [4.78, 5) is 0. The van der Waals surface area contributed by atoms with E-state index < -0.39 is 0 Å². The number of unbranched alkanes of at least 4 members (excludes halogenated alkanes) is 5. The van der Waals surface area contributed by atoms with Crippen molar-refractivity contribution in [2.75, 3.05) is 0 Å². The normalized spacial score (nSPS) is 18.8. The average Bonchev–Trinajstić information content (AvgIpc) is 2.56. The quantitative estimate of drug-likeness (QED) is 0.341. The molecule has 0 aromatic heterocycles. The van der Waals surface area contributed by atoms with Crippen molar-refractivity contribution >= 4 is 0 Å². The minimum absolute atomic E-state index is 0.750. The zero-order valence-electron chi connectivity index (χ0n) is 15.7. The lowest BCUT2D eigenvalue weighted by molar-refractivity contribution is 0.447. The predicted molar refractivity (Wildman–Crippen MR) is 102 cm³/mol. The van der Waals surface area contributed by atoms with Gasteiger partial charge in [0.2, 0.25) is 0 Å². The minimum Gasteiger partial charge on any atom is -0.101 e. The molecule has 1 aromatic rings.